The number of esters is 1. The molecule has 0 bridgehead atoms. The van der Waals surface area contributed by atoms with E-state index in [1.54, 1.807) is 12.1 Å². The zero-order valence-electron chi connectivity index (χ0n) is 18.0. The van der Waals surface area contributed by atoms with Crippen LogP contribution in [-0.4, -0.2) is 26.0 Å². The molecule has 1 saturated heterocycles. The molecule has 0 aliphatic carbocycles. The number of rotatable bonds is 13. The SMILES string of the molecule is CCCCCCCCCCC=CC=CC1OCC(c2cccc(C(=O)OC)c2)O1. The van der Waals surface area contributed by atoms with Crippen LogP contribution >= 0.6 is 0 Å². The highest BCUT2D eigenvalue weighted by atomic mass is 16.7. The van der Waals surface area contributed by atoms with E-state index in [9.17, 15) is 4.79 Å². The maximum atomic E-state index is 11.7. The molecule has 29 heavy (non-hydrogen) atoms. The van der Waals surface area contributed by atoms with Crippen LogP contribution in [0.4, 0.5) is 0 Å². The Balaban J connectivity index is 1.61. The number of hydrogen-bond donors (Lipinski definition) is 0. The summed E-state index contributed by atoms with van der Waals surface area (Å²) in [5.41, 5.74) is 1.45. The predicted molar refractivity (Wildman–Crippen MR) is 117 cm³/mol. The van der Waals surface area contributed by atoms with Gasteiger partial charge in [-0.2, -0.15) is 0 Å². The van der Waals surface area contributed by atoms with Crippen LogP contribution in [-0.2, 0) is 14.2 Å². The minimum absolute atomic E-state index is 0.171. The third-order valence-electron chi connectivity index (χ3n) is 5.13. The number of methoxy groups -OCH3 is 1. The second-order valence-electron chi connectivity index (χ2n) is 7.52. The van der Waals surface area contributed by atoms with Gasteiger partial charge in [-0.3, -0.25) is 0 Å². The topological polar surface area (TPSA) is 44.8 Å². The molecular weight excluding hydrogens is 364 g/mol. The van der Waals surface area contributed by atoms with Gasteiger partial charge in [-0.05, 0) is 36.6 Å². The lowest BCUT2D eigenvalue weighted by molar-refractivity contribution is -0.0200. The van der Waals surface area contributed by atoms with E-state index in [0.717, 1.165) is 12.0 Å². The second-order valence-corrected chi connectivity index (χ2v) is 7.52. The molecule has 1 aliphatic rings. The summed E-state index contributed by atoms with van der Waals surface area (Å²) in [5.74, 6) is -0.344. The summed E-state index contributed by atoms with van der Waals surface area (Å²) in [5, 5.41) is 0. The quantitative estimate of drug-likeness (QED) is 0.214. The van der Waals surface area contributed by atoms with Crippen LogP contribution in [0, 0.1) is 0 Å². The van der Waals surface area contributed by atoms with Gasteiger partial charge >= 0.3 is 5.97 Å². The van der Waals surface area contributed by atoms with E-state index in [1.807, 2.05) is 24.3 Å². The summed E-state index contributed by atoms with van der Waals surface area (Å²) in [6, 6.07) is 7.31. The molecule has 0 spiro atoms. The highest BCUT2D eigenvalue weighted by Gasteiger charge is 2.25. The van der Waals surface area contributed by atoms with E-state index < -0.39 is 0 Å². The molecule has 1 fully saturated rings. The molecule has 0 N–H and O–H groups in total. The van der Waals surface area contributed by atoms with Crippen molar-refractivity contribution in [3.63, 3.8) is 0 Å². The van der Waals surface area contributed by atoms with Crippen LogP contribution in [0.1, 0.15) is 86.7 Å². The third-order valence-corrected chi connectivity index (χ3v) is 5.13. The van der Waals surface area contributed by atoms with Crippen LogP contribution in [0.2, 0.25) is 0 Å². The van der Waals surface area contributed by atoms with Gasteiger partial charge < -0.3 is 14.2 Å². The average Bonchev–Trinajstić information content (AvgIpc) is 3.23. The van der Waals surface area contributed by atoms with Crippen LogP contribution in [0.15, 0.2) is 48.6 Å². The monoisotopic (exact) mass is 400 g/mol. The maximum absolute atomic E-state index is 11.7. The Labute approximate surface area is 175 Å². The number of hydrogen-bond acceptors (Lipinski definition) is 4. The molecule has 4 heteroatoms. The van der Waals surface area contributed by atoms with Crippen molar-refractivity contribution in [2.24, 2.45) is 0 Å². The summed E-state index contributed by atoms with van der Waals surface area (Å²) in [6.45, 7) is 2.73. The van der Waals surface area contributed by atoms with Gasteiger partial charge in [-0.15, -0.1) is 0 Å². The van der Waals surface area contributed by atoms with Crippen molar-refractivity contribution in [3.05, 3.63) is 59.7 Å². The van der Waals surface area contributed by atoms with Crippen LogP contribution in [0.3, 0.4) is 0 Å². The Morgan fingerprint density at radius 2 is 1.86 bits per heavy atom. The number of ether oxygens (including phenoxy) is 3. The average molecular weight is 401 g/mol. The third kappa shape index (κ3) is 8.97. The number of benzene rings is 1. The summed E-state index contributed by atoms with van der Waals surface area (Å²) in [7, 11) is 1.38. The fourth-order valence-corrected chi connectivity index (χ4v) is 3.41. The molecule has 2 rings (SSSR count). The molecule has 0 aromatic heterocycles. The van der Waals surface area contributed by atoms with Gasteiger partial charge in [0.25, 0.3) is 0 Å². The molecule has 1 heterocycles. The molecule has 2 unspecified atom stereocenters. The zero-order valence-corrected chi connectivity index (χ0v) is 18.0. The number of carbonyl (C=O) groups excluding carboxylic acids is 1. The van der Waals surface area contributed by atoms with Crippen molar-refractivity contribution in [2.45, 2.75) is 77.1 Å². The number of unbranched alkanes of at least 4 members (excludes halogenated alkanes) is 8. The molecule has 4 nitrogen and oxygen atoms in total. The first-order valence-electron chi connectivity index (χ1n) is 11.0. The number of allylic oxidation sites excluding steroid dienone is 3. The van der Waals surface area contributed by atoms with E-state index in [1.165, 1.54) is 58.5 Å². The molecule has 160 valence electrons. The Hall–Kier alpha value is -1.91. The van der Waals surface area contributed by atoms with Gasteiger partial charge in [0.05, 0.1) is 19.3 Å². The highest BCUT2D eigenvalue weighted by Crippen LogP contribution is 2.27. The van der Waals surface area contributed by atoms with Crippen molar-refractivity contribution in [2.75, 3.05) is 13.7 Å². The molecule has 1 aliphatic heterocycles. The van der Waals surface area contributed by atoms with E-state index in [4.69, 9.17) is 14.2 Å². The van der Waals surface area contributed by atoms with Crippen molar-refractivity contribution >= 4 is 5.97 Å². The number of carbonyl (C=O) groups is 1. The van der Waals surface area contributed by atoms with Gasteiger partial charge in [-0.1, -0.05) is 82.2 Å². The first-order valence-corrected chi connectivity index (χ1v) is 11.0. The van der Waals surface area contributed by atoms with E-state index in [2.05, 4.69) is 19.1 Å². The fourth-order valence-electron chi connectivity index (χ4n) is 3.41. The summed E-state index contributed by atoms with van der Waals surface area (Å²) >= 11 is 0. The van der Waals surface area contributed by atoms with Crippen LogP contribution < -0.4 is 0 Å². The molecular formula is C25H36O4. The summed E-state index contributed by atoms with van der Waals surface area (Å²) in [6.07, 6.45) is 19.6. The Morgan fingerprint density at radius 3 is 2.62 bits per heavy atom. The van der Waals surface area contributed by atoms with Gasteiger partial charge in [0.15, 0.2) is 6.29 Å². The summed E-state index contributed by atoms with van der Waals surface area (Å²) < 4.78 is 16.4. The van der Waals surface area contributed by atoms with Crippen molar-refractivity contribution < 1.29 is 19.0 Å². The van der Waals surface area contributed by atoms with Crippen LogP contribution in [0.25, 0.3) is 0 Å². The van der Waals surface area contributed by atoms with Gasteiger partial charge in [0, 0.05) is 0 Å². The van der Waals surface area contributed by atoms with Crippen molar-refractivity contribution in [1.82, 2.24) is 0 Å². The van der Waals surface area contributed by atoms with Gasteiger partial charge in [-0.25, -0.2) is 4.79 Å². The fraction of sp³-hybridized carbons (Fsp3) is 0.560. The lowest BCUT2D eigenvalue weighted by atomic mass is 10.1. The van der Waals surface area contributed by atoms with Gasteiger partial charge in [0.2, 0.25) is 0 Å². The largest absolute Gasteiger partial charge is 0.465 e. The highest BCUT2D eigenvalue weighted by molar-refractivity contribution is 5.89. The van der Waals surface area contributed by atoms with Gasteiger partial charge in [0.1, 0.15) is 6.10 Å². The second kappa shape index (κ2) is 14.1. The standard InChI is InChI=1S/C25H36O4/c1-3-4-5-6-7-8-9-10-11-12-13-14-18-24-28-20-23(29-24)21-16-15-17-22(19-21)25(26)27-2/h12-19,23-24H,3-11,20H2,1-2H3. The summed E-state index contributed by atoms with van der Waals surface area (Å²) in [4.78, 5) is 11.7. The van der Waals surface area contributed by atoms with Crippen molar-refractivity contribution in [3.8, 4) is 0 Å². The Kier molecular flexibility index (Phi) is 11.4. The molecule has 1 aromatic carbocycles. The Morgan fingerprint density at radius 1 is 1.10 bits per heavy atom. The molecule has 2 atom stereocenters. The van der Waals surface area contributed by atoms with E-state index in [0.29, 0.717) is 12.2 Å². The van der Waals surface area contributed by atoms with E-state index >= 15 is 0 Å². The van der Waals surface area contributed by atoms with E-state index in [-0.39, 0.29) is 18.4 Å². The smallest absolute Gasteiger partial charge is 0.337 e. The minimum atomic E-state index is -0.352. The molecule has 0 radical (unpaired) electrons. The minimum Gasteiger partial charge on any atom is -0.465 e. The normalized spacial score (nSPS) is 19.4. The first-order chi connectivity index (χ1) is 14.2. The zero-order chi connectivity index (χ0) is 20.7. The molecule has 0 saturated carbocycles. The van der Waals surface area contributed by atoms with Crippen molar-refractivity contribution in [1.29, 1.82) is 0 Å². The van der Waals surface area contributed by atoms with Crippen LogP contribution in [0.5, 0.6) is 0 Å². The molecule has 1 aromatic rings. The lowest BCUT2D eigenvalue weighted by Crippen LogP contribution is -2.06. The first kappa shape index (κ1) is 23.4. The Bertz CT molecular complexity index is 650. The predicted octanol–water partition coefficient (Wildman–Crippen LogP) is 6.53. The lowest BCUT2D eigenvalue weighted by Gasteiger charge is -2.10. The molecule has 0 amide bonds. The maximum Gasteiger partial charge on any atom is 0.337 e.